The highest BCUT2D eigenvalue weighted by Crippen LogP contribution is 2.42. The summed E-state index contributed by atoms with van der Waals surface area (Å²) >= 11 is 6.22. The Kier molecular flexibility index (Phi) is 7.26. The molecular weight excluding hydrogens is 482 g/mol. The van der Waals surface area contributed by atoms with E-state index in [1.54, 1.807) is 0 Å². The number of hydrogen-bond acceptors (Lipinski definition) is 3. The summed E-state index contributed by atoms with van der Waals surface area (Å²) in [5.74, 6) is 1.27. The average Bonchev–Trinajstić information content (AvgIpc) is 2.90. The molecule has 3 saturated heterocycles. The molecule has 4 heteroatoms. The van der Waals surface area contributed by atoms with Crippen LogP contribution in [-0.2, 0) is 10.8 Å². The van der Waals surface area contributed by atoms with Crippen molar-refractivity contribution in [3.05, 3.63) is 89.6 Å². The molecule has 3 aromatic rings. The monoisotopic (exact) mass is 525 g/mol. The zero-order chi connectivity index (χ0) is 27.2. The van der Waals surface area contributed by atoms with E-state index in [0.29, 0.717) is 17.9 Å². The second-order valence-electron chi connectivity index (χ2n) is 13.4. The van der Waals surface area contributed by atoms with Crippen molar-refractivity contribution in [2.75, 3.05) is 13.1 Å². The zero-order valence-electron chi connectivity index (χ0n) is 23.9. The molecule has 0 saturated carbocycles. The summed E-state index contributed by atoms with van der Waals surface area (Å²) in [6.45, 7) is 20.1. The van der Waals surface area contributed by atoms with Crippen molar-refractivity contribution in [3.63, 3.8) is 0 Å². The van der Waals surface area contributed by atoms with Crippen LogP contribution in [0, 0.1) is 11.8 Å². The van der Waals surface area contributed by atoms with Gasteiger partial charge in [-0.1, -0.05) is 84.1 Å². The van der Waals surface area contributed by atoms with Crippen molar-refractivity contribution in [2.24, 2.45) is 11.8 Å². The highest BCUT2D eigenvalue weighted by molar-refractivity contribution is 7.80. The van der Waals surface area contributed by atoms with Crippen LogP contribution in [0.3, 0.4) is 0 Å². The van der Waals surface area contributed by atoms with E-state index in [1.807, 2.05) is 6.20 Å². The molecule has 1 N–H and O–H groups in total. The van der Waals surface area contributed by atoms with Crippen molar-refractivity contribution in [1.29, 1.82) is 0 Å². The molecule has 2 bridgehead atoms. The third-order valence-corrected chi connectivity index (χ3v) is 9.12. The van der Waals surface area contributed by atoms with Gasteiger partial charge in [0.2, 0.25) is 0 Å². The number of para-hydroxylation sites is 1. The molecule has 6 rings (SSSR count). The first-order chi connectivity index (χ1) is 18.0. The molecule has 3 fully saturated rings. The molecule has 200 valence electrons. The number of piperidine rings is 3. The molecule has 5 atom stereocenters. The van der Waals surface area contributed by atoms with Crippen LogP contribution in [0.2, 0.25) is 0 Å². The molecule has 0 aliphatic carbocycles. The molecule has 1 aromatic heterocycles. The molecule has 4 heterocycles. The predicted octanol–water partition coefficient (Wildman–Crippen LogP) is 7.73. The van der Waals surface area contributed by atoms with E-state index in [-0.39, 0.29) is 16.9 Å². The zero-order valence-corrected chi connectivity index (χ0v) is 24.7. The lowest BCUT2D eigenvalue weighted by atomic mass is 9.73. The number of rotatable bonds is 5. The normalized spacial score (nSPS) is 24.3. The minimum Gasteiger partial charge on any atom is -0.367 e. The summed E-state index contributed by atoms with van der Waals surface area (Å²) in [7, 11) is 0. The standard InChI is InChI=1S/C34H43N3S/c1-8-22-21-37-16-14-23(22)19-30(37)31(28-13-15-35-29-12-10-9-11-27(28)29)36-32(38)24-17-25(33(2,3)4)20-26(18-24)34(5,6)7/h8-13,15,17-18,20,22-23,30-31H,1,14,16,19,21H2,2-7H3,(H,36,38)/t22-,23-,30-,31-/m0/s1. The minimum absolute atomic E-state index is 0.0419. The number of aromatic nitrogens is 1. The third-order valence-electron chi connectivity index (χ3n) is 8.77. The van der Waals surface area contributed by atoms with E-state index < -0.39 is 0 Å². The van der Waals surface area contributed by atoms with Crippen molar-refractivity contribution in [2.45, 2.75) is 77.3 Å². The Hall–Kier alpha value is -2.56. The maximum absolute atomic E-state index is 6.22. The Morgan fingerprint density at radius 1 is 1.05 bits per heavy atom. The van der Waals surface area contributed by atoms with E-state index in [0.717, 1.165) is 35.6 Å². The van der Waals surface area contributed by atoms with Crippen LogP contribution < -0.4 is 5.32 Å². The van der Waals surface area contributed by atoms with E-state index in [9.17, 15) is 0 Å². The van der Waals surface area contributed by atoms with Crippen molar-refractivity contribution < 1.29 is 0 Å². The van der Waals surface area contributed by atoms with Crippen molar-refractivity contribution in [1.82, 2.24) is 15.2 Å². The summed E-state index contributed by atoms with van der Waals surface area (Å²) < 4.78 is 0. The topological polar surface area (TPSA) is 28.2 Å². The quantitative estimate of drug-likeness (QED) is 0.272. The Bertz CT molecular complexity index is 1310. The fourth-order valence-electron chi connectivity index (χ4n) is 6.34. The largest absolute Gasteiger partial charge is 0.367 e. The van der Waals surface area contributed by atoms with Gasteiger partial charge < -0.3 is 5.32 Å². The van der Waals surface area contributed by atoms with Gasteiger partial charge in [0.15, 0.2) is 0 Å². The van der Waals surface area contributed by atoms with Crippen molar-refractivity contribution in [3.8, 4) is 0 Å². The molecular formula is C34H43N3S. The van der Waals surface area contributed by atoms with Gasteiger partial charge >= 0.3 is 0 Å². The van der Waals surface area contributed by atoms with Gasteiger partial charge in [0.25, 0.3) is 0 Å². The van der Waals surface area contributed by atoms with Crippen LogP contribution in [0.25, 0.3) is 10.9 Å². The van der Waals surface area contributed by atoms with Crippen LogP contribution in [0.1, 0.15) is 82.7 Å². The van der Waals surface area contributed by atoms with Gasteiger partial charge in [0.1, 0.15) is 4.99 Å². The Balaban J connectivity index is 1.57. The SMILES string of the molecule is C=C[C@H]1CN2CC[C@H]1C[C@H]2[C@@H](NC(=S)c1cc(C(C)(C)C)cc(C(C)(C)C)c1)c1ccnc2ccccc12. The van der Waals surface area contributed by atoms with Gasteiger partial charge in [-0.25, -0.2) is 0 Å². The van der Waals surface area contributed by atoms with Gasteiger partial charge in [-0.3, -0.25) is 9.88 Å². The molecule has 2 aromatic carbocycles. The maximum atomic E-state index is 6.22. The van der Waals surface area contributed by atoms with Crippen LogP contribution in [0.5, 0.6) is 0 Å². The predicted molar refractivity (Wildman–Crippen MR) is 165 cm³/mol. The Labute approximate surface area is 234 Å². The van der Waals surface area contributed by atoms with Gasteiger partial charge in [-0.05, 0) is 83.0 Å². The molecule has 3 aliphatic heterocycles. The van der Waals surface area contributed by atoms with Crippen molar-refractivity contribution >= 4 is 28.1 Å². The van der Waals surface area contributed by atoms with Crippen LogP contribution in [-0.4, -0.2) is 34.0 Å². The summed E-state index contributed by atoms with van der Waals surface area (Å²) in [6, 6.07) is 18.1. The van der Waals surface area contributed by atoms with Gasteiger partial charge in [0, 0.05) is 29.7 Å². The van der Waals surface area contributed by atoms with Gasteiger partial charge in [0.05, 0.1) is 11.6 Å². The number of fused-ring (bicyclic) bond motifs is 4. The summed E-state index contributed by atoms with van der Waals surface area (Å²) in [6.07, 6.45) is 6.54. The van der Waals surface area contributed by atoms with E-state index in [1.165, 1.54) is 28.5 Å². The van der Waals surface area contributed by atoms with Crippen LogP contribution >= 0.6 is 12.2 Å². The lowest BCUT2D eigenvalue weighted by Gasteiger charge is -2.52. The fraction of sp³-hybridized carbons (Fsp3) is 0.471. The highest BCUT2D eigenvalue weighted by atomic mass is 32.1. The average molecular weight is 526 g/mol. The molecule has 0 radical (unpaired) electrons. The fourth-order valence-corrected chi connectivity index (χ4v) is 6.59. The van der Waals surface area contributed by atoms with E-state index >= 15 is 0 Å². The van der Waals surface area contributed by atoms with Gasteiger partial charge in [-0.2, -0.15) is 0 Å². The maximum Gasteiger partial charge on any atom is 0.107 e. The Morgan fingerprint density at radius 2 is 1.74 bits per heavy atom. The number of nitrogens with zero attached hydrogens (tertiary/aromatic N) is 2. The minimum atomic E-state index is 0.0419. The summed E-state index contributed by atoms with van der Waals surface area (Å²) in [5.41, 5.74) is 6.16. The smallest absolute Gasteiger partial charge is 0.107 e. The van der Waals surface area contributed by atoms with Gasteiger partial charge in [-0.15, -0.1) is 6.58 Å². The second-order valence-corrected chi connectivity index (χ2v) is 13.8. The van der Waals surface area contributed by atoms with E-state index in [4.69, 9.17) is 12.2 Å². The first-order valence-corrected chi connectivity index (χ1v) is 14.5. The molecule has 3 aliphatic rings. The summed E-state index contributed by atoms with van der Waals surface area (Å²) in [4.78, 5) is 8.17. The molecule has 0 spiro atoms. The number of thiocarbonyl (C=S) groups is 1. The second kappa shape index (κ2) is 10.2. The Morgan fingerprint density at radius 3 is 2.34 bits per heavy atom. The molecule has 1 unspecified atom stereocenters. The number of hydrogen-bond donors (Lipinski definition) is 1. The first kappa shape index (κ1) is 27.0. The molecule has 38 heavy (non-hydrogen) atoms. The summed E-state index contributed by atoms with van der Waals surface area (Å²) in [5, 5.41) is 5.13. The lowest BCUT2D eigenvalue weighted by Crippen LogP contribution is -2.57. The third kappa shape index (κ3) is 5.31. The first-order valence-electron chi connectivity index (χ1n) is 14.1. The number of benzene rings is 2. The number of nitrogens with one attached hydrogen (secondary N) is 1. The molecule has 0 amide bonds. The van der Waals surface area contributed by atoms with Crippen LogP contribution in [0.4, 0.5) is 0 Å². The van der Waals surface area contributed by atoms with E-state index in [2.05, 4.69) is 118 Å². The lowest BCUT2D eigenvalue weighted by molar-refractivity contribution is 0.00445. The number of pyridine rings is 1. The highest BCUT2D eigenvalue weighted by Gasteiger charge is 2.43. The molecule has 3 nitrogen and oxygen atoms in total. The van der Waals surface area contributed by atoms with Crippen LogP contribution in [0.15, 0.2) is 67.4 Å².